The van der Waals surface area contributed by atoms with E-state index in [1.54, 1.807) is 11.1 Å². The molecule has 1 unspecified atom stereocenters. The van der Waals surface area contributed by atoms with E-state index in [1.807, 2.05) is 5.57 Å². The van der Waals surface area contributed by atoms with Crippen molar-refractivity contribution in [2.75, 3.05) is 0 Å². The molecule has 0 radical (unpaired) electrons. The van der Waals surface area contributed by atoms with Crippen molar-refractivity contribution in [1.29, 1.82) is 0 Å². The lowest BCUT2D eigenvalue weighted by molar-refractivity contribution is 0.0223. The number of aliphatic hydroxyl groups is 1. The molecule has 1 N–H and O–H groups in total. The van der Waals surface area contributed by atoms with Gasteiger partial charge in [0.1, 0.15) is 0 Å². The van der Waals surface area contributed by atoms with Gasteiger partial charge in [-0.3, -0.25) is 0 Å². The highest BCUT2D eigenvalue weighted by atomic mass is 16.3. The van der Waals surface area contributed by atoms with E-state index < -0.39 is 0 Å². The number of aliphatic hydroxyl groups excluding tert-OH is 1. The zero-order chi connectivity index (χ0) is 20.2. The standard InChI is InChI=1S/C28H44O/c1-19(17-20-7-5-4-6-8-20)24-11-12-25-23-10-9-21-18-22(29)13-15-27(21,2)26(23)14-16-28(24,25)3/h12,19-22,24,29H,4-11,13-18H2,1-3H3/t19?,21-,22-,24+,27-,28+/m0/s1. The summed E-state index contributed by atoms with van der Waals surface area (Å²) in [5.74, 6) is 3.47. The quantitative estimate of drug-likeness (QED) is 0.521. The van der Waals surface area contributed by atoms with Crippen molar-refractivity contribution in [2.45, 2.75) is 117 Å². The fourth-order valence-corrected chi connectivity index (χ4v) is 8.84. The van der Waals surface area contributed by atoms with Gasteiger partial charge in [0, 0.05) is 0 Å². The highest BCUT2D eigenvalue weighted by Crippen LogP contribution is 2.64. The molecule has 0 amide bonds. The number of fused-ring (bicyclic) bond motifs is 4. The van der Waals surface area contributed by atoms with Gasteiger partial charge < -0.3 is 5.11 Å². The summed E-state index contributed by atoms with van der Waals surface area (Å²) in [6.07, 6.45) is 21.5. The first-order valence-electron chi connectivity index (χ1n) is 13.0. The molecule has 0 spiro atoms. The maximum Gasteiger partial charge on any atom is 0.0543 e. The Balaban J connectivity index is 1.37. The van der Waals surface area contributed by atoms with E-state index in [9.17, 15) is 5.11 Å². The number of allylic oxidation sites excluding steroid dienone is 4. The monoisotopic (exact) mass is 396 g/mol. The van der Waals surface area contributed by atoms with Crippen LogP contribution < -0.4 is 0 Å². The van der Waals surface area contributed by atoms with Gasteiger partial charge in [0.15, 0.2) is 0 Å². The number of hydrogen-bond donors (Lipinski definition) is 1. The fraction of sp³-hybridized carbons (Fsp3) is 0.857. The van der Waals surface area contributed by atoms with Gasteiger partial charge in [-0.2, -0.15) is 0 Å². The average molecular weight is 397 g/mol. The van der Waals surface area contributed by atoms with Gasteiger partial charge >= 0.3 is 0 Å². The molecule has 6 atom stereocenters. The summed E-state index contributed by atoms with van der Waals surface area (Å²) in [5, 5.41) is 10.3. The van der Waals surface area contributed by atoms with Crippen LogP contribution >= 0.6 is 0 Å². The van der Waals surface area contributed by atoms with Gasteiger partial charge in [-0.1, -0.05) is 64.5 Å². The molecule has 0 aromatic carbocycles. The smallest absolute Gasteiger partial charge is 0.0543 e. The summed E-state index contributed by atoms with van der Waals surface area (Å²) < 4.78 is 0. The third kappa shape index (κ3) is 3.29. The van der Waals surface area contributed by atoms with Crippen LogP contribution in [-0.2, 0) is 0 Å². The van der Waals surface area contributed by atoms with Crippen molar-refractivity contribution in [3.8, 4) is 0 Å². The van der Waals surface area contributed by atoms with Crippen LogP contribution in [0.5, 0.6) is 0 Å². The minimum atomic E-state index is -0.0419. The molecule has 29 heavy (non-hydrogen) atoms. The summed E-state index contributed by atoms with van der Waals surface area (Å²) in [5.41, 5.74) is 6.21. The van der Waals surface area contributed by atoms with Crippen LogP contribution in [0.25, 0.3) is 0 Å². The van der Waals surface area contributed by atoms with Crippen molar-refractivity contribution < 1.29 is 5.11 Å². The van der Waals surface area contributed by atoms with Crippen LogP contribution in [0.3, 0.4) is 0 Å². The zero-order valence-electron chi connectivity index (χ0n) is 19.3. The van der Waals surface area contributed by atoms with Crippen LogP contribution in [0.15, 0.2) is 22.8 Å². The third-order valence-corrected chi connectivity index (χ3v) is 10.6. The van der Waals surface area contributed by atoms with Gasteiger partial charge in [0.05, 0.1) is 6.10 Å². The van der Waals surface area contributed by atoms with Crippen molar-refractivity contribution in [1.82, 2.24) is 0 Å². The average Bonchev–Trinajstić information content (AvgIpc) is 3.06. The van der Waals surface area contributed by atoms with Crippen molar-refractivity contribution >= 4 is 0 Å². The Labute approximate surface area is 179 Å². The van der Waals surface area contributed by atoms with Gasteiger partial charge in [-0.05, 0) is 103 Å². The third-order valence-electron chi connectivity index (χ3n) is 10.6. The Bertz CT molecular complexity index is 695. The van der Waals surface area contributed by atoms with Crippen molar-refractivity contribution in [3.63, 3.8) is 0 Å². The second-order valence-corrected chi connectivity index (χ2v) is 12.1. The largest absolute Gasteiger partial charge is 0.393 e. The number of hydrogen-bond acceptors (Lipinski definition) is 1. The lowest BCUT2D eigenvalue weighted by Gasteiger charge is -2.54. The van der Waals surface area contributed by atoms with E-state index in [0.717, 1.165) is 36.5 Å². The fourth-order valence-electron chi connectivity index (χ4n) is 8.84. The molecule has 0 heterocycles. The van der Waals surface area contributed by atoms with E-state index in [0.29, 0.717) is 10.8 Å². The van der Waals surface area contributed by atoms with Crippen LogP contribution in [-0.4, -0.2) is 11.2 Å². The van der Waals surface area contributed by atoms with Crippen LogP contribution in [0.2, 0.25) is 0 Å². The predicted molar refractivity (Wildman–Crippen MR) is 122 cm³/mol. The molecule has 0 bridgehead atoms. The molecular weight excluding hydrogens is 352 g/mol. The Morgan fingerprint density at radius 3 is 2.59 bits per heavy atom. The molecule has 0 saturated heterocycles. The molecule has 0 aliphatic heterocycles. The SMILES string of the molecule is CC(CC1CCCCC1)[C@H]1CC=C2C3=C(CC[C@@]21C)[C@@]1(C)CC[C@H](O)C[C@@H]1CC3. The Morgan fingerprint density at radius 2 is 1.79 bits per heavy atom. The lowest BCUT2D eigenvalue weighted by atomic mass is 9.51. The minimum absolute atomic E-state index is 0.0419. The van der Waals surface area contributed by atoms with Crippen LogP contribution in [0, 0.1) is 34.5 Å². The van der Waals surface area contributed by atoms with E-state index in [4.69, 9.17) is 0 Å². The maximum atomic E-state index is 10.3. The number of rotatable bonds is 3. The van der Waals surface area contributed by atoms with Crippen molar-refractivity contribution in [2.24, 2.45) is 34.5 Å². The summed E-state index contributed by atoms with van der Waals surface area (Å²) >= 11 is 0. The van der Waals surface area contributed by atoms with Gasteiger partial charge in [0.2, 0.25) is 0 Å². The summed E-state index contributed by atoms with van der Waals surface area (Å²) in [7, 11) is 0. The van der Waals surface area contributed by atoms with E-state index in [2.05, 4.69) is 26.8 Å². The Morgan fingerprint density at radius 1 is 1.00 bits per heavy atom. The zero-order valence-corrected chi connectivity index (χ0v) is 19.3. The highest BCUT2D eigenvalue weighted by molar-refractivity contribution is 5.49. The summed E-state index contributed by atoms with van der Waals surface area (Å²) in [6, 6.07) is 0. The summed E-state index contributed by atoms with van der Waals surface area (Å²) in [6.45, 7) is 7.78. The molecule has 1 heteroatoms. The molecule has 1 nitrogen and oxygen atoms in total. The first-order chi connectivity index (χ1) is 13.9. The Kier molecular flexibility index (Phi) is 5.29. The highest BCUT2D eigenvalue weighted by Gasteiger charge is 2.53. The molecule has 0 aromatic rings. The molecule has 0 aromatic heterocycles. The second-order valence-electron chi connectivity index (χ2n) is 12.1. The lowest BCUT2D eigenvalue weighted by Crippen LogP contribution is -2.44. The molecule has 2 saturated carbocycles. The Hall–Kier alpha value is -0.560. The van der Waals surface area contributed by atoms with Crippen molar-refractivity contribution in [3.05, 3.63) is 22.8 Å². The molecular formula is C28H44O. The molecule has 5 rings (SSSR count). The normalized spacial score (nSPS) is 44.0. The van der Waals surface area contributed by atoms with Crippen LogP contribution in [0.4, 0.5) is 0 Å². The van der Waals surface area contributed by atoms with E-state index in [1.165, 1.54) is 77.0 Å². The maximum absolute atomic E-state index is 10.3. The molecule has 2 fully saturated rings. The van der Waals surface area contributed by atoms with Gasteiger partial charge in [-0.15, -0.1) is 0 Å². The first kappa shape index (κ1) is 20.3. The van der Waals surface area contributed by atoms with Crippen LogP contribution in [0.1, 0.15) is 111 Å². The topological polar surface area (TPSA) is 20.2 Å². The summed E-state index contributed by atoms with van der Waals surface area (Å²) in [4.78, 5) is 0. The molecule has 5 aliphatic rings. The van der Waals surface area contributed by atoms with Gasteiger partial charge in [-0.25, -0.2) is 0 Å². The van der Waals surface area contributed by atoms with E-state index >= 15 is 0 Å². The molecule has 5 aliphatic carbocycles. The minimum Gasteiger partial charge on any atom is -0.393 e. The second kappa shape index (κ2) is 7.54. The first-order valence-corrected chi connectivity index (χ1v) is 13.0. The predicted octanol–water partition coefficient (Wildman–Crippen LogP) is 7.60. The molecule has 162 valence electrons. The van der Waals surface area contributed by atoms with Gasteiger partial charge in [0.25, 0.3) is 0 Å². The van der Waals surface area contributed by atoms with E-state index in [-0.39, 0.29) is 6.10 Å².